The van der Waals surface area contributed by atoms with Crippen molar-refractivity contribution in [3.05, 3.63) is 160 Å². The van der Waals surface area contributed by atoms with Crippen LogP contribution < -0.4 is 10.4 Å². The van der Waals surface area contributed by atoms with E-state index in [0.717, 1.165) is 36.1 Å². The number of fused-ring (bicyclic) bond motifs is 2. The Morgan fingerprint density at radius 1 is 0.756 bits per heavy atom. The first-order chi connectivity index (χ1) is 20.3. The van der Waals surface area contributed by atoms with Crippen molar-refractivity contribution in [2.75, 3.05) is 0 Å². The van der Waals surface area contributed by atoms with Crippen molar-refractivity contribution in [1.82, 2.24) is 0 Å². The molecular weight excluding hydrogens is 492 g/mol. The zero-order chi connectivity index (χ0) is 28.0. The standard InChI is InChI=1S/C41H36/c1-3-31(29-33-22-12-11-19-30(33)2)34-23-13-14-24-35(34)41-38-27-17-15-25-36(38)40(37-26-16-18-28-39(37)41)32-20-9-7-5-4-6-8-10-21-32/h3-5,7-15,17-19,21-25,27-29H,2,6,16,20,26H2,1H3/b5-4-,9-7-,10-8-,31-3+,32-21+,33-29-. The molecule has 0 bridgehead atoms. The van der Waals surface area contributed by atoms with Crippen molar-refractivity contribution in [3.8, 4) is 11.1 Å². The van der Waals surface area contributed by atoms with Gasteiger partial charge in [-0.3, -0.25) is 0 Å². The lowest BCUT2D eigenvalue weighted by molar-refractivity contribution is 0.983. The van der Waals surface area contributed by atoms with Gasteiger partial charge in [-0.1, -0.05) is 140 Å². The van der Waals surface area contributed by atoms with Crippen molar-refractivity contribution >= 4 is 40.6 Å². The predicted molar refractivity (Wildman–Crippen MR) is 181 cm³/mol. The molecule has 2 aliphatic carbocycles. The van der Waals surface area contributed by atoms with E-state index in [4.69, 9.17) is 0 Å². The van der Waals surface area contributed by atoms with Crippen LogP contribution in [0.2, 0.25) is 0 Å². The minimum atomic E-state index is 0.910. The Kier molecular flexibility index (Phi) is 7.92. The van der Waals surface area contributed by atoms with Gasteiger partial charge in [0.05, 0.1) is 0 Å². The third kappa shape index (κ3) is 5.39. The number of benzene rings is 4. The van der Waals surface area contributed by atoms with E-state index in [2.05, 4.69) is 147 Å². The molecule has 0 unspecified atom stereocenters. The molecular formula is C41H36. The third-order valence-corrected chi connectivity index (χ3v) is 8.14. The number of hydrogen-bond acceptors (Lipinski definition) is 0. The third-order valence-electron chi connectivity index (χ3n) is 8.14. The van der Waals surface area contributed by atoms with Gasteiger partial charge in [-0.2, -0.15) is 0 Å². The smallest absolute Gasteiger partial charge is 0.00235 e. The van der Waals surface area contributed by atoms with Gasteiger partial charge < -0.3 is 0 Å². The van der Waals surface area contributed by atoms with Gasteiger partial charge in [0.1, 0.15) is 0 Å². The fraction of sp³-hybridized carbons (Fsp3) is 0.122. The molecule has 4 aromatic carbocycles. The number of hydrogen-bond donors (Lipinski definition) is 0. The summed E-state index contributed by atoms with van der Waals surface area (Å²) < 4.78 is 0. The van der Waals surface area contributed by atoms with Gasteiger partial charge in [-0.05, 0) is 104 Å². The molecule has 0 saturated heterocycles. The van der Waals surface area contributed by atoms with Crippen LogP contribution in [-0.2, 0) is 6.42 Å². The molecule has 0 nitrogen and oxygen atoms in total. The minimum absolute atomic E-state index is 0.910. The second kappa shape index (κ2) is 12.2. The Hall–Kier alpha value is -4.68. The monoisotopic (exact) mass is 528 g/mol. The summed E-state index contributed by atoms with van der Waals surface area (Å²) in [7, 11) is 0. The molecule has 0 fully saturated rings. The molecule has 0 N–H and O–H groups in total. The van der Waals surface area contributed by atoms with E-state index < -0.39 is 0 Å². The van der Waals surface area contributed by atoms with Crippen molar-refractivity contribution in [2.24, 2.45) is 0 Å². The molecule has 0 spiro atoms. The Morgan fingerprint density at radius 2 is 1.49 bits per heavy atom. The van der Waals surface area contributed by atoms with Gasteiger partial charge in [-0.25, -0.2) is 0 Å². The topological polar surface area (TPSA) is 0 Å². The second-order valence-electron chi connectivity index (χ2n) is 10.7. The average Bonchev–Trinajstić information content (AvgIpc) is 3.02. The summed E-state index contributed by atoms with van der Waals surface area (Å²) in [5.41, 5.74) is 10.7. The Bertz CT molecular complexity index is 1900. The van der Waals surface area contributed by atoms with Crippen LogP contribution in [0.4, 0.5) is 0 Å². The fourth-order valence-electron chi connectivity index (χ4n) is 6.18. The first kappa shape index (κ1) is 26.5. The van der Waals surface area contributed by atoms with Gasteiger partial charge in [0.15, 0.2) is 0 Å². The molecule has 0 heterocycles. The zero-order valence-electron chi connectivity index (χ0n) is 23.8. The highest BCUT2D eigenvalue weighted by Gasteiger charge is 2.23. The van der Waals surface area contributed by atoms with E-state index in [0.29, 0.717) is 0 Å². The molecule has 0 aliphatic heterocycles. The van der Waals surface area contributed by atoms with Crippen LogP contribution in [0.3, 0.4) is 0 Å². The van der Waals surface area contributed by atoms with Crippen molar-refractivity contribution in [3.63, 3.8) is 0 Å². The predicted octanol–water partition coefficient (Wildman–Crippen LogP) is 9.61. The Morgan fingerprint density at radius 3 is 2.34 bits per heavy atom. The maximum absolute atomic E-state index is 4.27. The molecule has 0 atom stereocenters. The van der Waals surface area contributed by atoms with E-state index in [1.54, 1.807) is 0 Å². The van der Waals surface area contributed by atoms with Gasteiger partial charge in [0, 0.05) is 0 Å². The lowest BCUT2D eigenvalue weighted by atomic mass is 9.78. The highest BCUT2D eigenvalue weighted by atomic mass is 14.3. The molecule has 4 aromatic rings. The van der Waals surface area contributed by atoms with E-state index >= 15 is 0 Å². The summed E-state index contributed by atoms with van der Waals surface area (Å²) in [6, 6.07) is 26.3. The summed E-state index contributed by atoms with van der Waals surface area (Å²) in [4.78, 5) is 0. The summed E-state index contributed by atoms with van der Waals surface area (Å²) in [5.74, 6) is 0. The van der Waals surface area contributed by atoms with E-state index in [9.17, 15) is 0 Å². The molecule has 0 saturated carbocycles. The minimum Gasteiger partial charge on any atom is -0.0912 e. The Balaban J connectivity index is 1.64. The molecule has 200 valence electrons. The van der Waals surface area contributed by atoms with Crippen LogP contribution in [0.25, 0.3) is 51.8 Å². The molecule has 2 aliphatic rings. The SMILES string of the molecule is C=c1cccc/c1=C/C(=C\C)c1ccccc1-c1c2c(c(/C3=C/C=C\C/C=C\C=C/C3)c3ccccc13)CCC=C2. The van der Waals surface area contributed by atoms with Gasteiger partial charge in [-0.15, -0.1) is 0 Å². The first-order valence-corrected chi connectivity index (χ1v) is 14.7. The number of allylic oxidation sites excluding steroid dienone is 11. The second-order valence-corrected chi connectivity index (χ2v) is 10.7. The molecule has 0 radical (unpaired) electrons. The van der Waals surface area contributed by atoms with Crippen LogP contribution in [0.5, 0.6) is 0 Å². The summed E-state index contributed by atoms with van der Waals surface area (Å²) in [6.07, 6.45) is 28.8. The van der Waals surface area contributed by atoms with Crippen LogP contribution in [0, 0.1) is 0 Å². The van der Waals surface area contributed by atoms with Gasteiger partial charge in [0.25, 0.3) is 0 Å². The first-order valence-electron chi connectivity index (χ1n) is 14.7. The van der Waals surface area contributed by atoms with Crippen LogP contribution in [0.15, 0.2) is 127 Å². The molecule has 0 heteroatoms. The average molecular weight is 529 g/mol. The van der Waals surface area contributed by atoms with E-state index in [1.165, 1.54) is 55.3 Å². The zero-order valence-corrected chi connectivity index (χ0v) is 23.8. The van der Waals surface area contributed by atoms with Crippen LogP contribution in [0.1, 0.15) is 48.4 Å². The Labute approximate surface area is 244 Å². The highest BCUT2D eigenvalue weighted by molar-refractivity contribution is 6.10. The largest absolute Gasteiger partial charge is 0.0912 e. The maximum atomic E-state index is 4.27. The summed E-state index contributed by atoms with van der Waals surface area (Å²) >= 11 is 0. The van der Waals surface area contributed by atoms with Crippen molar-refractivity contribution < 1.29 is 0 Å². The van der Waals surface area contributed by atoms with Crippen molar-refractivity contribution in [2.45, 2.75) is 32.6 Å². The quantitative estimate of drug-likeness (QED) is 0.247. The normalized spacial score (nSPS) is 19.3. The van der Waals surface area contributed by atoms with Crippen molar-refractivity contribution in [1.29, 1.82) is 0 Å². The summed E-state index contributed by atoms with van der Waals surface area (Å²) in [6.45, 7) is 6.40. The molecule has 41 heavy (non-hydrogen) atoms. The van der Waals surface area contributed by atoms with Gasteiger partial charge in [0.2, 0.25) is 0 Å². The lowest BCUT2D eigenvalue weighted by Crippen LogP contribution is -2.21. The molecule has 0 amide bonds. The maximum Gasteiger partial charge on any atom is -0.00235 e. The van der Waals surface area contributed by atoms with Crippen LogP contribution in [-0.4, -0.2) is 0 Å². The van der Waals surface area contributed by atoms with Gasteiger partial charge >= 0.3 is 0 Å². The molecule has 6 rings (SSSR count). The molecule has 0 aromatic heterocycles. The van der Waals surface area contributed by atoms with E-state index in [1.807, 2.05) is 6.07 Å². The fourth-order valence-corrected chi connectivity index (χ4v) is 6.18. The van der Waals surface area contributed by atoms with Crippen LogP contribution >= 0.6 is 0 Å². The summed E-state index contributed by atoms with van der Waals surface area (Å²) in [5, 5.41) is 4.83. The lowest BCUT2D eigenvalue weighted by Gasteiger charge is -2.25. The van der Waals surface area contributed by atoms with E-state index in [-0.39, 0.29) is 0 Å². The number of rotatable bonds is 4. The highest BCUT2D eigenvalue weighted by Crippen LogP contribution is 2.45.